The molecule has 14 heavy (non-hydrogen) atoms. The summed E-state index contributed by atoms with van der Waals surface area (Å²) in [5, 5.41) is 0. The van der Waals surface area contributed by atoms with Crippen molar-refractivity contribution in [2.24, 2.45) is 0 Å². The third-order valence-corrected chi connectivity index (χ3v) is 1.80. The Kier molecular flexibility index (Phi) is 5.46. The highest BCUT2D eigenvalue weighted by Gasteiger charge is 2.23. The van der Waals surface area contributed by atoms with Gasteiger partial charge in [0.15, 0.2) is 0 Å². The fraction of sp³-hybridized carbons (Fsp3) is 0.727. The molecule has 0 saturated carbocycles. The van der Waals surface area contributed by atoms with Crippen LogP contribution in [-0.4, -0.2) is 36.6 Å². The molecule has 0 spiro atoms. The van der Waals surface area contributed by atoms with Crippen molar-refractivity contribution in [3.05, 3.63) is 12.7 Å². The third-order valence-electron chi connectivity index (χ3n) is 1.80. The van der Waals surface area contributed by atoms with E-state index in [0.29, 0.717) is 0 Å². The van der Waals surface area contributed by atoms with Gasteiger partial charge in [-0.1, -0.05) is 13.5 Å². The lowest BCUT2D eigenvalue weighted by Crippen LogP contribution is -2.40. The maximum absolute atomic E-state index is 11.0. The number of likely N-dealkylation sites (N-methyl/N-ethyl adjacent to an activating group) is 1. The van der Waals surface area contributed by atoms with Crippen molar-refractivity contribution in [2.75, 3.05) is 20.1 Å². The van der Waals surface area contributed by atoms with Crippen LogP contribution in [0, 0.1) is 0 Å². The highest BCUT2D eigenvalue weighted by atomic mass is 16.6. The Bertz CT molecular complexity index is 199. The topological polar surface area (TPSA) is 29.5 Å². The van der Waals surface area contributed by atoms with Crippen molar-refractivity contribution in [3.63, 3.8) is 0 Å². The Labute approximate surface area is 86.7 Å². The molecule has 0 unspecified atom stereocenters. The molecule has 0 radical (unpaired) electrons. The minimum atomic E-state index is -0.449. The Morgan fingerprint density at radius 1 is 1.57 bits per heavy atom. The predicted molar refractivity (Wildman–Crippen MR) is 58.2 cm³/mol. The Hall–Kier alpha value is -0.830. The molecule has 0 fully saturated rings. The van der Waals surface area contributed by atoms with Crippen LogP contribution in [0.2, 0.25) is 0 Å². The molecule has 3 heteroatoms. The summed E-state index contributed by atoms with van der Waals surface area (Å²) in [4.78, 5) is 13.2. The molecule has 0 atom stereocenters. The van der Waals surface area contributed by atoms with E-state index in [0.717, 1.165) is 19.5 Å². The van der Waals surface area contributed by atoms with E-state index in [4.69, 9.17) is 4.74 Å². The molecule has 0 aliphatic rings. The first-order valence-electron chi connectivity index (χ1n) is 4.95. The van der Waals surface area contributed by atoms with Gasteiger partial charge in [0, 0.05) is 12.6 Å². The van der Waals surface area contributed by atoms with Crippen LogP contribution in [0.4, 0.5) is 0 Å². The Morgan fingerprint density at radius 2 is 2.14 bits per heavy atom. The van der Waals surface area contributed by atoms with E-state index >= 15 is 0 Å². The fourth-order valence-corrected chi connectivity index (χ4v) is 1.46. The smallest absolute Gasteiger partial charge is 0.330 e. The van der Waals surface area contributed by atoms with Crippen LogP contribution in [0.5, 0.6) is 0 Å². The van der Waals surface area contributed by atoms with E-state index in [1.165, 1.54) is 6.08 Å². The SMILES string of the molecule is C=CC(=O)OC(C)(C)CN(C)CCC. The van der Waals surface area contributed by atoms with Gasteiger partial charge < -0.3 is 9.64 Å². The molecule has 82 valence electrons. The highest BCUT2D eigenvalue weighted by Crippen LogP contribution is 2.11. The average molecular weight is 199 g/mol. The molecule has 3 nitrogen and oxygen atoms in total. The zero-order valence-electron chi connectivity index (χ0n) is 9.67. The van der Waals surface area contributed by atoms with Gasteiger partial charge in [0.25, 0.3) is 0 Å². The summed E-state index contributed by atoms with van der Waals surface area (Å²) in [5.74, 6) is -0.361. The number of hydrogen-bond donors (Lipinski definition) is 0. The van der Waals surface area contributed by atoms with Gasteiger partial charge in [-0.15, -0.1) is 0 Å². The zero-order valence-corrected chi connectivity index (χ0v) is 9.67. The van der Waals surface area contributed by atoms with Crippen LogP contribution in [0.15, 0.2) is 12.7 Å². The normalized spacial score (nSPS) is 11.5. The number of carbonyl (C=O) groups excluding carboxylic acids is 1. The molecular weight excluding hydrogens is 178 g/mol. The molecule has 0 heterocycles. The van der Waals surface area contributed by atoms with E-state index in [9.17, 15) is 4.79 Å². The van der Waals surface area contributed by atoms with E-state index in [-0.39, 0.29) is 5.97 Å². The molecule has 0 aromatic heterocycles. The van der Waals surface area contributed by atoms with Crippen molar-refractivity contribution in [1.29, 1.82) is 0 Å². The van der Waals surface area contributed by atoms with Crippen molar-refractivity contribution >= 4 is 5.97 Å². The molecule has 0 N–H and O–H groups in total. The number of ether oxygens (including phenoxy) is 1. The van der Waals surface area contributed by atoms with Gasteiger partial charge in [0.1, 0.15) is 5.60 Å². The minimum absolute atomic E-state index is 0.361. The molecule has 0 aromatic carbocycles. The van der Waals surface area contributed by atoms with Gasteiger partial charge in [-0.25, -0.2) is 4.79 Å². The molecule has 0 aliphatic carbocycles. The maximum atomic E-state index is 11.0. The average Bonchev–Trinajstić information content (AvgIpc) is 2.02. The van der Waals surface area contributed by atoms with Crippen molar-refractivity contribution in [1.82, 2.24) is 4.90 Å². The molecule has 0 amide bonds. The van der Waals surface area contributed by atoms with Crippen LogP contribution in [0.1, 0.15) is 27.2 Å². The standard InChI is InChI=1S/C11H21NO2/c1-6-8-12(5)9-11(3,4)14-10(13)7-2/h7H,2,6,8-9H2,1,3-5H3. The van der Waals surface area contributed by atoms with Gasteiger partial charge >= 0.3 is 5.97 Å². The number of rotatable bonds is 6. The van der Waals surface area contributed by atoms with E-state index in [1.807, 2.05) is 20.9 Å². The summed E-state index contributed by atoms with van der Waals surface area (Å²) in [6, 6.07) is 0. The predicted octanol–water partition coefficient (Wildman–Crippen LogP) is 1.84. The van der Waals surface area contributed by atoms with Gasteiger partial charge in [-0.2, -0.15) is 0 Å². The minimum Gasteiger partial charge on any atom is -0.455 e. The Balaban J connectivity index is 4.05. The summed E-state index contributed by atoms with van der Waals surface area (Å²) < 4.78 is 5.21. The molecule has 0 aromatic rings. The molecule has 0 bridgehead atoms. The fourth-order valence-electron chi connectivity index (χ4n) is 1.46. The largest absolute Gasteiger partial charge is 0.455 e. The van der Waals surface area contributed by atoms with Gasteiger partial charge in [-0.05, 0) is 33.9 Å². The van der Waals surface area contributed by atoms with Crippen LogP contribution in [0.3, 0.4) is 0 Å². The highest BCUT2D eigenvalue weighted by molar-refractivity contribution is 5.81. The molecular formula is C11H21NO2. The second-order valence-corrected chi connectivity index (χ2v) is 4.12. The van der Waals surface area contributed by atoms with Gasteiger partial charge in [-0.3, -0.25) is 0 Å². The zero-order chi connectivity index (χ0) is 11.2. The first-order chi connectivity index (χ1) is 6.41. The van der Waals surface area contributed by atoms with Gasteiger partial charge in [0.05, 0.1) is 0 Å². The number of carbonyl (C=O) groups is 1. The van der Waals surface area contributed by atoms with E-state index in [1.54, 1.807) is 0 Å². The van der Waals surface area contributed by atoms with Crippen molar-refractivity contribution < 1.29 is 9.53 Å². The molecule has 0 aliphatic heterocycles. The summed E-state index contributed by atoms with van der Waals surface area (Å²) in [6.07, 6.45) is 2.30. The molecule has 0 rings (SSSR count). The van der Waals surface area contributed by atoms with Crippen molar-refractivity contribution in [3.8, 4) is 0 Å². The number of nitrogens with zero attached hydrogens (tertiary/aromatic N) is 1. The lowest BCUT2D eigenvalue weighted by Gasteiger charge is -2.29. The molecule has 0 saturated heterocycles. The summed E-state index contributed by atoms with van der Waals surface area (Å²) in [7, 11) is 2.02. The monoisotopic (exact) mass is 199 g/mol. The maximum Gasteiger partial charge on any atom is 0.330 e. The summed E-state index contributed by atoms with van der Waals surface area (Å²) >= 11 is 0. The summed E-state index contributed by atoms with van der Waals surface area (Å²) in [5.41, 5.74) is -0.449. The second-order valence-electron chi connectivity index (χ2n) is 4.12. The van der Waals surface area contributed by atoms with Crippen LogP contribution in [0.25, 0.3) is 0 Å². The van der Waals surface area contributed by atoms with E-state index < -0.39 is 5.60 Å². The second kappa shape index (κ2) is 5.81. The van der Waals surface area contributed by atoms with Crippen molar-refractivity contribution in [2.45, 2.75) is 32.8 Å². The number of hydrogen-bond acceptors (Lipinski definition) is 3. The first kappa shape index (κ1) is 13.2. The lowest BCUT2D eigenvalue weighted by molar-refractivity contribution is -0.151. The number of esters is 1. The third kappa shape index (κ3) is 5.75. The van der Waals surface area contributed by atoms with Crippen LogP contribution < -0.4 is 0 Å². The van der Waals surface area contributed by atoms with Crippen LogP contribution in [-0.2, 0) is 9.53 Å². The lowest BCUT2D eigenvalue weighted by atomic mass is 10.1. The van der Waals surface area contributed by atoms with Crippen LogP contribution >= 0.6 is 0 Å². The summed E-state index contributed by atoms with van der Waals surface area (Å²) in [6.45, 7) is 11.0. The van der Waals surface area contributed by atoms with E-state index in [2.05, 4.69) is 18.4 Å². The quantitative estimate of drug-likeness (QED) is 0.483. The Morgan fingerprint density at radius 3 is 2.57 bits per heavy atom. The first-order valence-corrected chi connectivity index (χ1v) is 4.95. The van der Waals surface area contributed by atoms with Gasteiger partial charge in [0.2, 0.25) is 0 Å².